The maximum absolute atomic E-state index is 4.42. The van der Waals surface area contributed by atoms with E-state index >= 15 is 0 Å². The highest BCUT2D eigenvalue weighted by Gasteiger charge is 2.21. The van der Waals surface area contributed by atoms with Crippen molar-refractivity contribution >= 4 is 27.0 Å². The largest absolute Gasteiger partial charge is 0.380 e. The third kappa shape index (κ3) is 5.67. The van der Waals surface area contributed by atoms with Gasteiger partial charge >= 0.3 is 0 Å². The molecule has 1 aromatic heterocycles. The zero-order chi connectivity index (χ0) is 20.8. The normalized spacial score (nSPS) is 16.6. The van der Waals surface area contributed by atoms with Gasteiger partial charge in [0.05, 0.1) is 22.4 Å². The van der Waals surface area contributed by atoms with Crippen molar-refractivity contribution in [2.75, 3.05) is 33.2 Å². The van der Waals surface area contributed by atoms with Crippen LogP contribution in [0.5, 0.6) is 0 Å². The molecule has 2 aromatic rings. The smallest absolute Gasteiger partial charge is 0.0890 e. The SMILES string of the molecule is C/C=C(NCc1ccc2nccnc2c1)\C(=C(\Br)C=C(C)C)N1CCN(C)CC1. The summed E-state index contributed by atoms with van der Waals surface area (Å²) in [6.45, 7) is 11.2. The molecule has 0 atom stereocenters. The second kappa shape index (κ2) is 10.0. The molecule has 154 valence electrons. The summed E-state index contributed by atoms with van der Waals surface area (Å²) >= 11 is 3.84. The molecule has 29 heavy (non-hydrogen) atoms. The number of fused-ring (bicyclic) bond motifs is 1. The Kier molecular flexibility index (Phi) is 7.45. The molecule has 1 aliphatic heterocycles. The Morgan fingerprint density at radius 1 is 1.10 bits per heavy atom. The van der Waals surface area contributed by atoms with E-state index in [0.29, 0.717) is 0 Å². The van der Waals surface area contributed by atoms with Crippen molar-refractivity contribution in [1.29, 1.82) is 0 Å². The lowest BCUT2D eigenvalue weighted by atomic mass is 10.1. The van der Waals surface area contributed by atoms with E-state index in [-0.39, 0.29) is 0 Å². The molecular weight excluding hydrogens is 426 g/mol. The molecule has 3 rings (SSSR count). The van der Waals surface area contributed by atoms with Crippen LogP contribution in [-0.2, 0) is 6.54 Å². The molecule has 1 fully saturated rings. The molecule has 6 heteroatoms. The van der Waals surface area contributed by atoms with E-state index in [0.717, 1.165) is 53.9 Å². The summed E-state index contributed by atoms with van der Waals surface area (Å²) in [6.07, 6.45) is 7.83. The summed E-state index contributed by atoms with van der Waals surface area (Å²) in [5, 5.41) is 3.65. The number of nitrogens with zero attached hydrogens (tertiary/aromatic N) is 4. The highest BCUT2D eigenvalue weighted by atomic mass is 79.9. The molecule has 5 nitrogen and oxygen atoms in total. The topological polar surface area (TPSA) is 44.3 Å². The second-order valence-corrected chi connectivity index (χ2v) is 8.50. The molecule has 0 radical (unpaired) electrons. The number of allylic oxidation sites excluding steroid dienone is 4. The van der Waals surface area contributed by atoms with Crippen molar-refractivity contribution in [1.82, 2.24) is 25.1 Å². The zero-order valence-electron chi connectivity index (χ0n) is 17.7. The van der Waals surface area contributed by atoms with Crippen LogP contribution in [0.1, 0.15) is 26.3 Å². The molecule has 0 aliphatic carbocycles. The zero-order valence-corrected chi connectivity index (χ0v) is 19.3. The monoisotopic (exact) mass is 455 g/mol. The minimum Gasteiger partial charge on any atom is -0.380 e. The van der Waals surface area contributed by atoms with Crippen molar-refractivity contribution in [2.45, 2.75) is 27.3 Å². The molecular formula is C23H30BrN5. The average Bonchev–Trinajstić information content (AvgIpc) is 2.71. The predicted molar refractivity (Wildman–Crippen MR) is 125 cm³/mol. The molecule has 1 saturated heterocycles. The van der Waals surface area contributed by atoms with Crippen molar-refractivity contribution in [3.8, 4) is 0 Å². The number of benzene rings is 1. The van der Waals surface area contributed by atoms with Crippen molar-refractivity contribution in [3.05, 3.63) is 69.8 Å². The quantitative estimate of drug-likeness (QED) is 0.651. The standard InChI is InChI=1S/C23H30BrN5/c1-5-20(27-16-18-6-7-21-22(15-18)26-9-8-25-21)23(19(24)14-17(2)3)29-12-10-28(4)11-13-29/h5-9,14-15,27H,10-13,16H2,1-4H3/b20-5+,23-19-. The van der Waals surface area contributed by atoms with Crippen LogP contribution in [0.25, 0.3) is 11.0 Å². The van der Waals surface area contributed by atoms with Crippen LogP contribution in [0.15, 0.2) is 64.2 Å². The summed E-state index contributed by atoms with van der Waals surface area (Å²) < 4.78 is 1.12. The molecule has 2 heterocycles. The molecule has 0 saturated carbocycles. The summed E-state index contributed by atoms with van der Waals surface area (Å²) in [4.78, 5) is 13.6. The summed E-state index contributed by atoms with van der Waals surface area (Å²) in [5.74, 6) is 0. The average molecular weight is 456 g/mol. The third-order valence-electron chi connectivity index (χ3n) is 5.02. The van der Waals surface area contributed by atoms with Gasteiger partial charge in [0, 0.05) is 49.6 Å². The maximum Gasteiger partial charge on any atom is 0.0890 e. The van der Waals surface area contributed by atoms with Gasteiger partial charge in [-0.1, -0.05) is 17.7 Å². The van der Waals surface area contributed by atoms with Crippen LogP contribution < -0.4 is 5.32 Å². The van der Waals surface area contributed by atoms with Gasteiger partial charge in [-0.25, -0.2) is 0 Å². The van der Waals surface area contributed by atoms with E-state index in [1.807, 2.05) is 6.07 Å². The number of nitrogens with one attached hydrogen (secondary N) is 1. The van der Waals surface area contributed by atoms with Crippen molar-refractivity contribution in [3.63, 3.8) is 0 Å². The summed E-state index contributed by atoms with van der Waals surface area (Å²) in [6, 6.07) is 6.25. The van der Waals surface area contributed by atoms with Gasteiger partial charge in [0.2, 0.25) is 0 Å². The van der Waals surface area contributed by atoms with Crippen LogP contribution in [0, 0.1) is 0 Å². The molecule has 1 aliphatic rings. The fraction of sp³-hybridized carbons (Fsp3) is 0.391. The second-order valence-electron chi connectivity index (χ2n) is 7.64. The van der Waals surface area contributed by atoms with Crippen LogP contribution in [0.4, 0.5) is 0 Å². The van der Waals surface area contributed by atoms with Gasteiger partial charge in [-0.15, -0.1) is 0 Å². The van der Waals surface area contributed by atoms with E-state index in [4.69, 9.17) is 0 Å². The number of likely N-dealkylation sites (N-methyl/N-ethyl adjacent to an activating group) is 1. The molecule has 0 unspecified atom stereocenters. The van der Waals surface area contributed by atoms with Crippen molar-refractivity contribution in [2.24, 2.45) is 0 Å². The molecule has 0 bridgehead atoms. The first-order valence-corrected chi connectivity index (χ1v) is 10.9. The minimum absolute atomic E-state index is 0.735. The van der Waals surface area contributed by atoms with E-state index in [1.54, 1.807) is 12.4 Å². The minimum atomic E-state index is 0.735. The number of piperazine rings is 1. The van der Waals surface area contributed by atoms with Gasteiger partial charge in [0.25, 0.3) is 0 Å². The van der Waals surface area contributed by atoms with Gasteiger partial charge in [0.15, 0.2) is 0 Å². The predicted octanol–water partition coefficient (Wildman–Crippen LogP) is 4.44. The number of rotatable bonds is 6. The van der Waals surface area contributed by atoms with Gasteiger partial charge in [0.1, 0.15) is 0 Å². The molecule has 0 spiro atoms. The van der Waals surface area contributed by atoms with Gasteiger partial charge in [-0.05, 0) is 67.5 Å². The van der Waals surface area contributed by atoms with E-state index < -0.39 is 0 Å². The first-order valence-electron chi connectivity index (χ1n) is 10.1. The fourth-order valence-corrected chi connectivity index (χ4v) is 4.36. The Labute approximate surface area is 182 Å². The van der Waals surface area contributed by atoms with Crippen LogP contribution in [0.2, 0.25) is 0 Å². The molecule has 1 N–H and O–H groups in total. The van der Waals surface area contributed by atoms with E-state index in [2.05, 4.69) is 93.1 Å². The Balaban J connectivity index is 1.83. The van der Waals surface area contributed by atoms with E-state index in [1.165, 1.54) is 16.8 Å². The lowest BCUT2D eigenvalue weighted by Crippen LogP contribution is -2.45. The third-order valence-corrected chi connectivity index (χ3v) is 5.63. The fourth-order valence-electron chi connectivity index (χ4n) is 3.44. The van der Waals surface area contributed by atoms with Gasteiger partial charge < -0.3 is 15.1 Å². The number of hydrogen-bond acceptors (Lipinski definition) is 5. The van der Waals surface area contributed by atoms with Gasteiger partial charge in [-0.3, -0.25) is 9.97 Å². The lowest BCUT2D eigenvalue weighted by molar-refractivity contribution is 0.187. The lowest BCUT2D eigenvalue weighted by Gasteiger charge is -2.37. The van der Waals surface area contributed by atoms with Crippen LogP contribution >= 0.6 is 15.9 Å². The number of halogens is 1. The Morgan fingerprint density at radius 3 is 2.45 bits per heavy atom. The van der Waals surface area contributed by atoms with Crippen LogP contribution in [-0.4, -0.2) is 53.0 Å². The number of hydrogen-bond donors (Lipinski definition) is 1. The van der Waals surface area contributed by atoms with Gasteiger partial charge in [-0.2, -0.15) is 0 Å². The van der Waals surface area contributed by atoms with Crippen molar-refractivity contribution < 1.29 is 0 Å². The number of aromatic nitrogens is 2. The first-order chi connectivity index (χ1) is 14.0. The summed E-state index contributed by atoms with van der Waals surface area (Å²) in [5.41, 5.74) is 6.67. The Bertz CT molecular complexity index is 935. The summed E-state index contributed by atoms with van der Waals surface area (Å²) in [7, 11) is 2.18. The first kappa shape index (κ1) is 21.5. The molecule has 0 amide bonds. The Morgan fingerprint density at radius 2 is 1.79 bits per heavy atom. The highest BCUT2D eigenvalue weighted by molar-refractivity contribution is 9.11. The molecule has 1 aromatic carbocycles. The highest BCUT2D eigenvalue weighted by Crippen LogP contribution is 2.26. The maximum atomic E-state index is 4.42. The Hall–Kier alpha value is -2.18. The van der Waals surface area contributed by atoms with E-state index in [9.17, 15) is 0 Å². The van der Waals surface area contributed by atoms with Crippen LogP contribution in [0.3, 0.4) is 0 Å².